The molecule has 6 nitrogen and oxygen atoms in total. The Bertz CT molecular complexity index is 646. The van der Waals surface area contributed by atoms with E-state index < -0.39 is 0 Å². The average Bonchev–Trinajstić information content (AvgIpc) is 2.55. The number of anilines is 1. The van der Waals surface area contributed by atoms with Gasteiger partial charge in [-0.2, -0.15) is 0 Å². The van der Waals surface area contributed by atoms with E-state index in [4.69, 9.17) is 0 Å². The molecule has 3 heterocycles. The highest BCUT2D eigenvalue weighted by atomic mass is 16.2. The number of aromatic nitrogens is 1. The van der Waals surface area contributed by atoms with Crippen molar-refractivity contribution >= 4 is 23.3 Å². The Morgan fingerprint density at radius 2 is 1.96 bits per heavy atom. The van der Waals surface area contributed by atoms with Gasteiger partial charge in [0.1, 0.15) is 5.78 Å². The van der Waals surface area contributed by atoms with Crippen molar-refractivity contribution in [3.63, 3.8) is 0 Å². The van der Waals surface area contributed by atoms with Crippen LogP contribution in [-0.2, 0) is 20.8 Å². The normalized spacial score (nSPS) is 22.2. The molecule has 1 aromatic heterocycles. The van der Waals surface area contributed by atoms with Crippen molar-refractivity contribution in [2.75, 3.05) is 18.0 Å². The van der Waals surface area contributed by atoms with Crippen LogP contribution in [0.25, 0.3) is 0 Å². The van der Waals surface area contributed by atoms with Crippen LogP contribution in [-0.4, -0.2) is 35.7 Å². The number of hydrogen-bond donors (Lipinski definition) is 1. The number of nitrogens with one attached hydrogen (secondary N) is 1. The highest BCUT2D eigenvalue weighted by Crippen LogP contribution is 2.29. The summed E-state index contributed by atoms with van der Waals surface area (Å²) in [5.41, 5.74) is 2.91. The number of amides is 2. The summed E-state index contributed by atoms with van der Waals surface area (Å²) in [6, 6.07) is 1.98. The van der Waals surface area contributed by atoms with Crippen molar-refractivity contribution in [1.82, 2.24) is 10.3 Å². The molecule has 0 aromatic carbocycles. The molecule has 1 atom stereocenters. The Morgan fingerprint density at radius 3 is 2.61 bits per heavy atom. The fourth-order valence-corrected chi connectivity index (χ4v) is 3.24. The van der Waals surface area contributed by atoms with Gasteiger partial charge in [0.2, 0.25) is 11.8 Å². The molecular weight excluding hydrogens is 294 g/mol. The van der Waals surface area contributed by atoms with Crippen molar-refractivity contribution in [1.29, 1.82) is 0 Å². The second kappa shape index (κ2) is 6.48. The second-order valence-corrected chi connectivity index (χ2v) is 6.12. The third kappa shape index (κ3) is 3.25. The van der Waals surface area contributed by atoms with E-state index in [9.17, 15) is 14.4 Å². The summed E-state index contributed by atoms with van der Waals surface area (Å²) in [7, 11) is 0. The lowest BCUT2D eigenvalue weighted by molar-refractivity contribution is -0.134. The predicted octanol–water partition coefficient (Wildman–Crippen LogP) is 1.33. The lowest BCUT2D eigenvalue weighted by Crippen LogP contribution is -2.40. The zero-order valence-electron chi connectivity index (χ0n) is 13.3. The van der Waals surface area contributed by atoms with E-state index in [1.54, 1.807) is 0 Å². The summed E-state index contributed by atoms with van der Waals surface area (Å²) < 4.78 is 0. The molecule has 23 heavy (non-hydrogen) atoms. The summed E-state index contributed by atoms with van der Waals surface area (Å²) in [6.07, 6.45) is 4.68. The van der Waals surface area contributed by atoms with E-state index in [2.05, 4.69) is 22.1 Å². The molecule has 0 saturated carbocycles. The van der Waals surface area contributed by atoms with Crippen LogP contribution in [0.5, 0.6) is 0 Å². The quantitative estimate of drug-likeness (QED) is 0.851. The molecule has 1 N–H and O–H groups in total. The molecular formula is C17H21N3O3. The summed E-state index contributed by atoms with van der Waals surface area (Å²) in [5.74, 6) is -0.508. The maximum absolute atomic E-state index is 12.0. The van der Waals surface area contributed by atoms with E-state index in [1.807, 2.05) is 12.3 Å². The molecule has 0 bridgehead atoms. The molecule has 122 valence electrons. The van der Waals surface area contributed by atoms with Gasteiger partial charge in [-0.05, 0) is 24.5 Å². The van der Waals surface area contributed by atoms with E-state index in [0.717, 1.165) is 36.5 Å². The van der Waals surface area contributed by atoms with Crippen molar-refractivity contribution in [3.05, 3.63) is 23.5 Å². The van der Waals surface area contributed by atoms with Gasteiger partial charge in [-0.15, -0.1) is 0 Å². The maximum atomic E-state index is 12.0. The number of carbonyl (C=O) groups is 3. The first-order valence-electron chi connectivity index (χ1n) is 8.17. The van der Waals surface area contributed by atoms with Gasteiger partial charge in [0.25, 0.3) is 0 Å². The van der Waals surface area contributed by atoms with Gasteiger partial charge in [-0.1, -0.05) is 6.92 Å². The number of rotatable bonds is 3. The van der Waals surface area contributed by atoms with Gasteiger partial charge in [-0.3, -0.25) is 24.7 Å². The summed E-state index contributed by atoms with van der Waals surface area (Å²) in [6.45, 7) is 3.53. The first kappa shape index (κ1) is 15.6. The molecule has 6 heteroatoms. The first-order valence-corrected chi connectivity index (χ1v) is 8.17. The van der Waals surface area contributed by atoms with Crippen molar-refractivity contribution in [2.24, 2.45) is 0 Å². The topological polar surface area (TPSA) is 79.4 Å². The van der Waals surface area contributed by atoms with Gasteiger partial charge in [0.15, 0.2) is 0 Å². The lowest BCUT2D eigenvalue weighted by Gasteiger charge is -2.30. The number of piperidine rings is 2. The molecule has 3 rings (SSSR count). The Balaban J connectivity index is 1.83. The zero-order chi connectivity index (χ0) is 16.4. The number of imide groups is 1. The van der Waals surface area contributed by atoms with Gasteiger partial charge in [0, 0.05) is 32.4 Å². The number of nitrogens with zero attached hydrogens (tertiary/aromatic N) is 2. The third-order valence-electron chi connectivity index (χ3n) is 4.63. The predicted molar refractivity (Wildman–Crippen MR) is 85.2 cm³/mol. The standard InChI is InChI=1S/C17H21N3O3/c1-2-11-9-14(13-3-4-16(22)19-17(13)23)18-10-15(11)20-7-5-12(21)6-8-20/h9-10,13H,2-8H2,1H3,(H,19,22,23). The highest BCUT2D eigenvalue weighted by molar-refractivity contribution is 6.00. The van der Waals surface area contributed by atoms with Gasteiger partial charge >= 0.3 is 0 Å². The van der Waals surface area contributed by atoms with Crippen molar-refractivity contribution in [3.8, 4) is 0 Å². The molecule has 2 amide bonds. The van der Waals surface area contributed by atoms with Crippen LogP contribution in [0, 0.1) is 0 Å². The smallest absolute Gasteiger partial charge is 0.235 e. The van der Waals surface area contributed by atoms with Crippen LogP contribution in [0.1, 0.15) is 49.8 Å². The molecule has 0 radical (unpaired) electrons. The largest absolute Gasteiger partial charge is 0.369 e. The summed E-state index contributed by atoms with van der Waals surface area (Å²) >= 11 is 0. The number of ketones is 1. The van der Waals surface area contributed by atoms with E-state index >= 15 is 0 Å². The molecule has 1 aromatic rings. The van der Waals surface area contributed by atoms with Crippen LogP contribution in [0.4, 0.5) is 5.69 Å². The van der Waals surface area contributed by atoms with Crippen LogP contribution in [0.15, 0.2) is 12.3 Å². The van der Waals surface area contributed by atoms with Crippen molar-refractivity contribution in [2.45, 2.75) is 44.9 Å². The molecule has 0 aliphatic carbocycles. The van der Waals surface area contributed by atoms with Gasteiger partial charge in [-0.25, -0.2) is 0 Å². The van der Waals surface area contributed by atoms with E-state index in [0.29, 0.717) is 31.5 Å². The molecule has 1 unspecified atom stereocenters. The van der Waals surface area contributed by atoms with Crippen LogP contribution in [0.3, 0.4) is 0 Å². The Kier molecular flexibility index (Phi) is 4.41. The average molecular weight is 315 g/mol. The molecule has 2 aliphatic heterocycles. The third-order valence-corrected chi connectivity index (χ3v) is 4.63. The summed E-state index contributed by atoms with van der Waals surface area (Å²) in [4.78, 5) is 41.4. The summed E-state index contributed by atoms with van der Waals surface area (Å²) in [5, 5.41) is 2.38. The Morgan fingerprint density at radius 1 is 1.22 bits per heavy atom. The number of carbonyl (C=O) groups excluding carboxylic acids is 3. The minimum Gasteiger partial charge on any atom is -0.369 e. The van der Waals surface area contributed by atoms with E-state index in [1.165, 1.54) is 0 Å². The lowest BCUT2D eigenvalue weighted by atomic mass is 9.93. The molecule has 2 saturated heterocycles. The van der Waals surface area contributed by atoms with Crippen LogP contribution >= 0.6 is 0 Å². The molecule has 2 aliphatic rings. The minimum atomic E-state index is -0.352. The second-order valence-electron chi connectivity index (χ2n) is 6.12. The molecule has 2 fully saturated rings. The first-order chi connectivity index (χ1) is 11.1. The Hall–Kier alpha value is -2.24. The number of Topliss-reactive ketones (excluding diaryl/α,β-unsaturated/α-hetero) is 1. The Labute approximate surface area is 135 Å². The monoisotopic (exact) mass is 315 g/mol. The molecule has 0 spiro atoms. The van der Waals surface area contributed by atoms with Gasteiger partial charge < -0.3 is 4.90 Å². The van der Waals surface area contributed by atoms with Crippen LogP contribution in [0.2, 0.25) is 0 Å². The SMILES string of the molecule is CCc1cc(C2CCC(=O)NC2=O)ncc1N1CCC(=O)CC1. The maximum Gasteiger partial charge on any atom is 0.235 e. The highest BCUT2D eigenvalue weighted by Gasteiger charge is 2.29. The minimum absolute atomic E-state index is 0.212. The number of hydrogen-bond acceptors (Lipinski definition) is 5. The fraction of sp³-hybridized carbons (Fsp3) is 0.529. The number of pyridine rings is 1. The van der Waals surface area contributed by atoms with E-state index in [-0.39, 0.29) is 17.7 Å². The fourth-order valence-electron chi connectivity index (χ4n) is 3.24. The van der Waals surface area contributed by atoms with Crippen molar-refractivity contribution < 1.29 is 14.4 Å². The number of aryl methyl sites for hydroxylation is 1. The van der Waals surface area contributed by atoms with Gasteiger partial charge in [0.05, 0.1) is 23.5 Å². The van der Waals surface area contributed by atoms with Crippen LogP contribution < -0.4 is 10.2 Å². The zero-order valence-corrected chi connectivity index (χ0v) is 13.3.